The van der Waals surface area contributed by atoms with E-state index in [9.17, 15) is 4.79 Å². The van der Waals surface area contributed by atoms with E-state index in [-0.39, 0.29) is 6.08 Å². The molecule has 5 nitrogen and oxygen atoms in total. The van der Waals surface area contributed by atoms with Crippen LogP contribution in [0.2, 0.25) is 0 Å². The van der Waals surface area contributed by atoms with Gasteiger partial charge in [-0.15, -0.1) is 0 Å². The Morgan fingerprint density at radius 2 is 2.27 bits per heavy atom. The Hall–Kier alpha value is -2.04. The molecule has 0 radical (unpaired) electrons. The van der Waals surface area contributed by atoms with Crippen LogP contribution in [0.1, 0.15) is 6.92 Å². The highest BCUT2D eigenvalue weighted by molar-refractivity contribution is 5.73. The molecule has 0 saturated heterocycles. The van der Waals surface area contributed by atoms with Crippen LogP contribution in [-0.4, -0.2) is 22.2 Å². The Kier molecular flexibility index (Phi) is 2.29. The maximum Gasteiger partial charge on any atom is 0.395 e. The van der Waals surface area contributed by atoms with Gasteiger partial charge in [0.15, 0.2) is 11.7 Å². The minimum Gasteiger partial charge on any atom is -0.479 e. The molecule has 0 aliphatic rings. The molecular weight excluding hydrogens is 198 g/mol. The quantitative estimate of drug-likeness (QED) is 0.828. The molecule has 1 heterocycles. The molecule has 0 spiro atoms. The second kappa shape index (κ2) is 3.61. The second-order valence-electron chi connectivity index (χ2n) is 3.05. The number of carboxylic acid groups (broad SMARTS) is 1. The van der Waals surface area contributed by atoms with E-state index in [0.29, 0.717) is 11.1 Å². The molecule has 2 aromatic rings. The zero-order valence-corrected chi connectivity index (χ0v) is 8.01. The van der Waals surface area contributed by atoms with Crippen LogP contribution in [0.5, 0.6) is 6.08 Å². The number of para-hydroxylation sites is 2. The number of hydrogen-bond donors (Lipinski definition) is 1. The Morgan fingerprint density at radius 3 is 2.93 bits per heavy atom. The Balaban J connectivity index is 2.26. The predicted molar refractivity (Wildman–Crippen MR) is 51.7 cm³/mol. The summed E-state index contributed by atoms with van der Waals surface area (Å²) in [5.41, 5.74) is 1.22. The fourth-order valence-electron chi connectivity index (χ4n) is 1.10. The molecule has 15 heavy (non-hydrogen) atoms. The lowest BCUT2D eigenvalue weighted by molar-refractivity contribution is -0.144. The van der Waals surface area contributed by atoms with Gasteiger partial charge in [0.2, 0.25) is 0 Å². The average molecular weight is 207 g/mol. The van der Waals surface area contributed by atoms with Gasteiger partial charge < -0.3 is 14.3 Å². The number of hydrogen-bond acceptors (Lipinski definition) is 4. The third-order valence-corrected chi connectivity index (χ3v) is 1.90. The fourth-order valence-corrected chi connectivity index (χ4v) is 1.10. The van der Waals surface area contributed by atoms with Gasteiger partial charge in [0.1, 0.15) is 5.52 Å². The maximum atomic E-state index is 10.5. The molecule has 1 aromatic carbocycles. The van der Waals surface area contributed by atoms with Gasteiger partial charge in [0, 0.05) is 0 Å². The van der Waals surface area contributed by atoms with E-state index in [4.69, 9.17) is 14.3 Å². The summed E-state index contributed by atoms with van der Waals surface area (Å²) in [6.45, 7) is 1.41. The summed E-state index contributed by atoms with van der Waals surface area (Å²) < 4.78 is 10.2. The summed E-state index contributed by atoms with van der Waals surface area (Å²) in [5, 5.41) is 8.62. The number of oxazole rings is 1. The van der Waals surface area contributed by atoms with Crippen molar-refractivity contribution in [3.63, 3.8) is 0 Å². The molecule has 0 bridgehead atoms. The summed E-state index contributed by atoms with van der Waals surface area (Å²) in [6, 6.07) is 7.12. The van der Waals surface area contributed by atoms with E-state index >= 15 is 0 Å². The van der Waals surface area contributed by atoms with Crippen LogP contribution in [0, 0.1) is 0 Å². The molecule has 0 aliphatic carbocycles. The van der Waals surface area contributed by atoms with Gasteiger partial charge >= 0.3 is 12.0 Å². The van der Waals surface area contributed by atoms with Crippen LogP contribution < -0.4 is 4.74 Å². The molecule has 78 valence electrons. The Bertz CT molecular complexity index is 458. The molecule has 2 rings (SSSR count). The zero-order chi connectivity index (χ0) is 10.8. The van der Waals surface area contributed by atoms with Crippen LogP contribution in [0.4, 0.5) is 0 Å². The number of aromatic nitrogens is 1. The van der Waals surface area contributed by atoms with Crippen molar-refractivity contribution in [1.82, 2.24) is 4.98 Å². The lowest BCUT2D eigenvalue weighted by Crippen LogP contribution is -2.22. The number of ether oxygens (including phenoxy) is 1. The number of carbonyl (C=O) groups is 1. The molecule has 0 fully saturated rings. The SMILES string of the molecule is CC(Oc1nc2ccccc2o1)C(=O)O. The first-order chi connectivity index (χ1) is 7.16. The third kappa shape index (κ3) is 1.90. The van der Waals surface area contributed by atoms with Crippen LogP contribution in [0.15, 0.2) is 28.7 Å². The molecular formula is C10H9NO4. The van der Waals surface area contributed by atoms with E-state index in [1.54, 1.807) is 18.2 Å². The van der Waals surface area contributed by atoms with Gasteiger partial charge in [-0.3, -0.25) is 0 Å². The van der Waals surface area contributed by atoms with Gasteiger partial charge in [-0.1, -0.05) is 12.1 Å². The largest absolute Gasteiger partial charge is 0.479 e. The molecule has 1 aromatic heterocycles. The van der Waals surface area contributed by atoms with Crippen molar-refractivity contribution in [3.8, 4) is 6.08 Å². The number of fused-ring (bicyclic) bond motifs is 1. The average Bonchev–Trinajstić information content (AvgIpc) is 2.59. The topological polar surface area (TPSA) is 72.6 Å². The minimum absolute atomic E-state index is 0.0221. The lowest BCUT2D eigenvalue weighted by atomic mass is 10.3. The first kappa shape index (κ1) is 9.51. The van der Waals surface area contributed by atoms with Gasteiger partial charge in [-0.2, -0.15) is 4.98 Å². The molecule has 0 amide bonds. The van der Waals surface area contributed by atoms with Crippen molar-refractivity contribution in [3.05, 3.63) is 24.3 Å². The lowest BCUT2D eigenvalue weighted by Gasteiger charge is -2.04. The molecule has 1 N–H and O–H groups in total. The standard InChI is InChI=1S/C10H9NO4/c1-6(9(12)13)14-10-11-7-4-2-3-5-8(7)15-10/h2-6H,1H3,(H,12,13). The van der Waals surface area contributed by atoms with Crippen molar-refractivity contribution in [1.29, 1.82) is 0 Å². The van der Waals surface area contributed by atoms with Gasteiger partial charge in [0.05, 0.1) is 0 Å². The van der Waals surface area contributed by atoms with E-state index in [1.165, 1.54) is 6.92 Å². The third-order valence-electron chi connectivity index (χ3n) is 1.90. The zero-order valence-electron chi connectivity index (χ0n) is 8.01. The van der Waals surface area contributed by atoms with Gasteiger partial charge in [-0.25, -0.2) is 4.79 Å². The number of aliphatic carboxylic acids is 1. The van der Waals surface area contributed by atoms with E-state index in [2.05, 4.69) is 4.98 Å². The van der Waals surface area contributed by atoms with Crippen LogP contribution >= 0.6 is 0 Å². The number of benzene rings is 1. The summed E-state index contributed by atoms with van der Waals surface area (Å²) in [6.07, 6.45) is -0.996. The monoisotopic (exact) mass is 207 g/mol. The first-order valence-corrected chi connectivity index (χ1v) is 4.42. The summed E-state index contributed by atoms with van der Waals surface area (Å²) in [4.78, 5) is 14.5. The number of rotatable bonds is 3. The van der Waals surface area contributed by atoms with Crippen molar-refractivity contribution < 1.29 is 19.1 Å². The summed E-state index contributed by atoms with van der Waals surface area (Å²) in [5.74, 6) is -1.06. The highest BCUT2D eigenvalue weighted by Gasteiger charge is 2.16. The van der Waals surface area contributed by atoms with E-state index in [0.717, 1.165) is 0 Å². The first-order valence-electron chi connectivity index (χ1n) is 4.42. The smallest absolute Gasteiger partial charge is 0.395 e. The van der Waals surface area contributed by atoms with E-state index in [1.807, 2.05) is 6.07 Å². The summed E-state index contributed by atoms with van der Waals surface area (Å²) >= 11 is 0. The maximum absolute atomic E-state index is 10.5. The fraction of sp³-hybridized carbons (Fsp3) is 0.200. The summed E-state index contributed by atoms with van der Waals surface area (Å²) in [7, 11) is 0. The van der Waals surface area contributed by atoms with E-state index < -0.39 is 12.1 Å². The Labute approximate surface area is 85.3 Å². The normalized spacial score (nSPS) is 12.6. The Morgan fingerprint density at radius 1 is 1.53 bits per heavy atom. The van der Waals surface area contributed by atoms with Crippen LogP contribution in [0.3, 0.4) is 0 Å². The van der Waals surface area contributed by atoms with Crippen LogP contribution in [0.25, 0.3) is 11.1 Å². The van der Waals surface area contributed by atoms with Crippen molar-refractivity contribution in [2.45, 2.75) is 13.0 Å². The molecule has 0 aliphatic heterocycles. The highest BCUT2D eigenvalue weighted by atomic mass is 16.6. The van der Waals surface area contributed by atoms with Crippen LogP contribution in [-0.2, 0) is 4.79 Å². The predicted octanol–water partition coefficient (Wildman–Crippen LogP) is 1.68. The van der Waals surface area contributed by atoms with Crippen molar-refractivity contribution >= 4 is 17.1 Å². The highest BCUT2D eigenvalue weighted by Crippen LogP contribution is 2.20. The molecule has 5 heteroatoms. The van der Waals surface area contributed by atoms with Crippen molar-refractivity contribution in [2.24, 2.45) is 0 Å². The van der Waals surface area contributed by atoms with Gasteiger partial charge in [0.25, 0.3) is 0 Å². The molecule has 1 unspecified atom stereocenters. The molecule has 0 saturated carbocycles. The minimum atomic E-state index is -1.06. The molecule has 1 atom stereocenters. The van der Waals surface area contributed by atoms with Gasteiger partial charge in [-0.05, 0) is 19.1 Å². The second-order valence-corrected chi connectivity index (χ2v) is 3.05. The van der Waals surface area contributed by atoms with Crippen molar-refractivity contribution in [2.75, 3.05) is 0 Å². The number of carboxylic acids is 1. The number of nitrogens with zero attached hydrogens (tertiary/aromatic N) is 1.